The lowest BCUT2D eigenvalue weighted by molar-refractivity contribution is -0.384. The molecule has 0 aromatic heterocycles. The second kappa shape index (κ2) is 8.97. The molecule has 0 bridgehead atoms. The minimum absolute atomic E-state index is 0.0754. The van der Waals surface area contributed by atoms with Gasteiger partial charge in [-0.1, -0.05) is 66.2 Å². The molecule has 1 N–H and O–H groups in total. The lowest BCUT2D eigenvalue weighted by atomic mass is 9.89. The zero-order valence-corrected chi connectivity index (χ0v) is 18.3. The Labute approximate surface area is 194 Å². The molecular formula is C25H19ClN2O5. The van der Waals surface area contributed by atoms with Gasteiger partial charge in [-0.25, -0.2) is 4.79 Å². The van der Waals surface area contributed by atoms with E-state index in [1.807, 2.05) is 0 Å². The number of nitro benzene ring substituents is 1. The topological polar surface area (TPSA) is 98.5 Å². The Balaban J connectivity index is 1.87. The summed E-state index contributed by atoms with van der Waals surface area (Å²) in [5.41, 5.74) is 0.390. The molecular weight excluding hydrogens is 444 g/mol. The summed E-state index contributed by atoms with van der Waals surface area (Å²) in [4.78, 5) is 37.2. The molecule has 0 saturated carbocycles. The fourth-order valence-corrected chi connectivity index (χ4v) is 4.07. The molecule has 0 unspecified atom stereocenters. The highest BCUT2D eigenvalue weighted by molar-refractivity contribution is 6.30. The van der Waals surface area contributed by atoms with Crippen molar-refractivity contribution in [2.45, 2.75) is 11.6 Å². The number of hydrogen-bond donors (Lipinski definition) is 1. The summed E-state index contributed by atoms with van der Waals surface area (Å²) in [5.74, 6) is -0.876. The van der Waals surface area contributed by atoms with Gasteiger partial charge < -0.3 is 4.74 Å². The number of ketones is 1. The number of benzene rings is 3. The first-order valence-corrected chi connectivity index (χ1v) is 10.4. The highest BCUT2D eigenvalue weighted by Gasteiger charge is 2.48. The van der Waals surface area contributed by atoms with Crippen molar-refractivity contribution >= 4 is 29.0 Å². The van der Waals surface area contributed by atoms with Gasteiger partial charge in [-0.3, -0.25) is 20.2 Å². The van der Waals surface area contributed by atoms with Crippen LogP contribution in [0, 0.1) is 10.1 Å². The van der Waals surface area contributed by atoms with Crippen LogP contribution in [0.25, 0.3) is 0 Å². The zero-order valence-electron chi connectivity index (χ0n) is 17.5. The van der Waals surface area contributed by atoms with E-state index < -0.39 is 22.5 Å². The van der Waals surface area contributed by atoms with Crippen LogP contribution in [-0.2, 0) is 15.1 Å². The van der Waals surface area contributed by atoms with Gasteiger partial charge in [0.05, 0.1) is 18.1 Å². The van der Waals surface area contributed by atoms with E-state index in [2.05, 4.69) is 5.32 Å². The van der Waals surface area contributed by atoms with Crippen molar-refractivity contribution in [1.82, 2.24) is 5.32 Å². The Morgan fingerprint density at radius 3 is 2.21 bits per heavy atom. The van der Waals surface area contributed by atoms with Gasteiger partial charge in [-0.2, -0.15) is 0 Å². The Morgan fingerprint density at radius 1 is 1.00 bits per heavy atom. The highest BCUT2D eigenvalue weighted by atomic mass is 35.5. The monoisotopic (exact) mass is 462 g/mol. The number of nitro groups is 1. The van der Waals surface area contributed by atoms with Gasteiger partial charge in [-0.05, 0) is 29.3 Å². The number of esters is 1. The summed E-state index contributed by atoms with van der Waals surface area (Å²) in [6, 6.07) is 20.5. The van der Waals surface area contributed by atoms with Crippen molar-refractivity contribution in [3.63, 3.8) is 0 Å². The second-order valence-electron chi connectivity index (χ2n) is 7.53. The Bertz CT molecular complexity index is 1240. The molecule has 0 saturated heterocycles. The zero-order chi connectivity index (χ0) is 23.6. The van der Waals surface area contributed by atoms with Gasteiger partial charge in [0, 0.05) is 28.3 Å². The molecule has 0 spiro atoms. The molecule has 0 amide bonds. The normalized spacial score (nSPS) is 19.6. The minimum atomic E-state index is -1.45. The summed E-state index contributed by atoms with van der Waals surface area (Å²) >= 11 is 6.04. The number of carbonyl (C=O) groups is 2. The average Bonchev–Trinajstić information content (AvgIpc) is 3.26. The summed E-state index contributed by atoms with van der Waals surface area (Å²) in [6.45, 7) is 0. The van der Waals surface area contributed by atoms with E-state index in [1.54, 1.807) is 72.8 Å². The van der Waals surface area contributed by atoms with Gasteiger partial charge >= 0.3 is 5.97 Å². The van der Waals surface area contributed by atoms with Crippen LogP contribution in [0.3, 0.4) is 0 Å². The molecule has 33 heavy (non-hydrogen) atoms. The molecule has 166 valence electrons. The van der Waals surface area contributed by atoms with Gasteiger partial charge in [-0.15, -0.1) is 0 Å². The van der Waals surface area contributed by atoms with Gasteiger partial charge in [0.15, 0.2) is 11.3 Å². The second-order valence-corrected chi connectivity index (χ2v) is 7.96. The Hall–Kier alpha value is -3.81. The van der Waals surface area contributed by atoms with Crippen LogP contribution in [0.4, 0.5) is 5.69 Å². The minimum Gasteiger partial charge on any atom is -0.467 e. The van der Waals surface area contributed by atoms with Gasteiger partial charge in [0.1, 0.15) is 0 Å². The van der Waals surface area contributed by atoms with Crippen molar-refractivity contribution < 1.29 is 19.2 Å². The number of rotatable bonds is 6. The molecule has 3 aromatic rings. The summed E-state index contributed by atoms with van der Waals surface area (Å²) < 4.78 is 5.11. The first kappa shape index (κ1) is 22.4. The molecule has 0 aliphatic carbocycles. The van der Waals surface area contributed by atoms with Gasteiger partial charge in [0.2, 0.25) is 0 Å². The molecule has 1 heterocycles. The average molecular weight is 463 g/mol. The van der Waals surface area contributed by atoms with Crippen molar-refractivity contribution in [1.29, 1.82) is 0 Å². The van der Waals surface area contributed by atoms with Crippen molar-refractivity contribution in [2.75, 3.05) is 7.11 Å². The van der Waals surface area contributed by atoms with Crippen LogP contribution in [0.15, 0.2) is 90.5 Å². The number of hydrogen-bond acceptors (Lipinski definition) is 6. The van der Waals surface area contributed by atoms with Crippen molar-refractivity contribution in [3.05, 3.63) is 122 Å². The smallest absolute Gasteiger partial charge is 0.334 e. The number of nitrogens with one attached hydrogen (secondary N) is 1. The first-order chi connectivity index (χ1) is 15.9. The van der Waals surface area contributed by atoms with E-state index in [1.165, 1.54) is 19.2 Å². The maximum atomic E-state index is 13.5. The molecule has 0 radical (unpaired) electrons. The number of carbonyl (C=O) groups excluding carboxylic acids is 2. The number of ether oxygens (including phenoxy) is 1. The number of nitrogens with zero attached hydrogens (tertiary/aromatic N) is 1. The molecule has 7 nitrogen and oxygen atoms in total. The summed E-state index contributed by atoms with van der Waals surface area (Å²) in [6.07, 6.45) is 1.57. The van der Waals surface area contributed by atoms with E-state index in [9.17, 15) is 19.7 Å². The maximum Gasteiger partial charge on any atom is 0.334 e. The number of non-ortho nitro benzene ring substituents is 1. The third-order valence-electron chi connectivity index (χ3n) is 5.60. The molecule has 2 atom stereocenters. The predicted octanol–water partition coefficient (Wildman–Crippen LogP) is 4.77. The Kier molecular flexibility index (Phi) is 6.09. The van der Waals surface area contributed by atoms with Crippen LogP contribution < -0.4 is 5.32 Å². The van der Waals surface area contributed by atoms with E-state index in [4.69, 9.17) is 16.3 Å². The van der Waals surface area contributed by atoms with Crippen LogP contribution >= 0.6 is 11.6 Å². The largest absolute Gasteiger partial charge is 0.467 e. The van der Waals surface area contributed by atoms with Gasteiger partial charge in [0.25, 0.3) is 5.69 Å². The Morgan fingerprint density at radius 2 is 1.64 bits per heavy atom. The SMILES string of the molecule is COC(=O)[C@@]1(c2ccc(Cl)cc2)C=C(C(=O)c2ccccc2)[C@H](c2ccc([N+](=O)[O-])cc2)N1. The number of Topliss-reactive ketones (excluding diaryl/α,β-unsaturated/α-hetero) is 1. The summed E-state index contributed by atoms with van der Waals surface area (Å²) in [7, 11) is 1.27. The van der Waals surface area contributed by atoms with Crippen molar-refractivity contribution in [2.24, 2.45) is 0 Å². The summed E-state index contributed by atoms with van der Waals surface area (Å²) in [5, 5.41) is 14.8. The third kappa shape index (κ3) is 4.16. The standard InChI is InChI=1S/C25H19ClN2O5/c1-33-24(30)25(18-9-11-19(26)12-10-18)15-21(23(29)17-5-3-2-4-6-17)22(27-25)16-7-13-20(14-8-16)28(31)32/h2-15,22,27H,1H3/t22-,25-/m0/s1. The molecule has 0 fully saturated rings. The molecule has 1 aliphatic rings. The molecule has 8 heteroatoms. The molecule has 1 aliphatic heterocycles. The van der Waals surface area contributed by atoms with Crippen LogP contribution in [0.5, 0.6) is 0 Å². The van der Waals surface area contributed by atoms with Crippen LogP contribution in [0.1, 0.15) is 27.5 Å². The molecule has 4 rings (SSSR count). The molecule has 3 aromatic carbocycles. The third-order valence-corrected chi connectivity index (χ3v) is 5.85. The van der Waals surface area contributed by atoms with E-state index in [0.717, 1.165) is 0 Å². The fourth-order valence-electron chi connectivity index (χ4n) is 3.94. The first-order valence-electron chi connectivity index (χ1n) is 10.0. The lowest BCUT2D eigenvalue weighted by Crippen LogP contribution is -2.46. The number of halogens is 1. The number of methoxy groups -OCH3 is 1. The quantitative estimate of drug-likeness (QED) is 0.245. The highest BCUT2D eigenvalue weighted by Crippen LogP contribution is 2.41. The lowest BCUT2D eigenvalue weighted by Gasteiger charge is -2.28. The predicted molar refractivity (Wildman–Crippen MR) is 123 cm³/mol. The van der Waals surface area contributed by atoms with Crippen molar-refractivity contribution in [3.8, 4) is 0 Å². The van der Waals surface area contributed by atoms with E-state index in [-0.39, 0.29) is 11.5 Å². The van der Waals surface area contributed by atoms with E-state index >= 15 is 0 Å². The van der Waals surface area contributed by atoms with Crippen LogP contribution in [-0.4, -0.2) is 23.8 Å². The fraction of sp³-hybridized carbons (Fsp3) is 0.120. The maximum absolute atomic E-state index is 13.5. The van der Waals surface area contributed by atoms with E-state index in [0.29, 0.717) is 27.3 Å². The van der Waals surface area contributed by atoms with Crippen LogP contribution in [0.2, 0.25) is 5.02 Å².